The molecule has 0 N–H and O–H groups in total. The molecule has 3 rings (SSSR count). The van der Waals surface area contributed by atoms with Crippen molar-refractivity contribution in [3.05, 3.63) is 75.8 Å². The number of rotatable bonds is 4. The Labute approximate surface area is 140 Å². The van der Waals surface area contributed by atoms with Crippen molar-refractivity contribution in [2.75, 3.05) is 13.1 Å². The summed E-state index contributed by atoms with van der Waals surface area (Å²) in [5.41, 5.74) is 2.05. The van der Waals surface area contributed by atoms with Gasteiger partial charge in [0.2, 0.25) is 0 Å². The van der Waals surface area contributed by atoms with Crippen LogP contribution >= 0.6 is 0 Å². The zero-order valence-corrected chi connectivity index (χ0v) is 13.2. The summed E-state index contributed by atoms with van der Waals surface area (Å²) in [6.45, 7) is 1.52. The summed E-state index contributed by atoms with van der Waals surface area (Å²) in [5.74, 6) is -0.0230. The zero-order valence-electron chi connectivity index (χ0n) is 13.2. The Bertz CT molecular complexity index is 778. The SMILES string of the molecule is O=C(/C(=C/c1cccc([N+](=O)[O-])c1)c1ccccc1)N1CCCC1. The number of amides is 1. The first-order chi connectivity index (χ1) is 11.6. The van der Waals surface area contributed by atoms with Crippen LogP contribution in [0.4, 0.5) is 5.69 Å². The average molecular weight is 322 g/mol. The molecule has 0 radical (unpaired) electrons. The van der Waals surface area contributed by atoms with Crippen molar-refractivity contribution >= 4 is 23.2 Å². The molecule has 0 atom stereocenters. The van der Waals surface area contributed by atoms with Gasteiger partial charge in [0.05, 0.1) is 4.92 Å². The average Bonchev–Trinajstić information content (AvgIpc) is 3.15. The van der Waals surface area contributed by atoms with Gasteiger partial charge in [-0.25, -0.2) is 0 Å². The molecule has 0 bridgehead atoms. The molecule has 24 heavy (non-hydrogen) atoms. The quantitative estimate of drug-likeness (QED) is 0.373. The van der Waals surface area contributed by atoms with E-state index in [2.05, 4.69) is 0 Å². The van der Waals surface area contributed by atoms with Crippen LogP contribution in [0.5, 0.6) is 0 Å². The fourth-order valence-electron chi connectivity index (χ4n) is 2.87. The second-order valence-corrected chi connectivity index (χ2v) is 5.78. The number of hydrogen-bond acceptors (Lipinski definition) is 3. The Morgan fingerprint density at radius 2 is 1.75 bits per heavy atom. The van der Waals surface area contributed by atoms with E-state index < -0.39 is 4.92 Å². The summed E-state index contributed by atoms with van der Waals surface area (Å²) in [6, 6.07) is 15.8. The predicted molar refractivity (Wildman–Crippen MR) is 93.2 cm³/mol. The van der Waals surface area contributed by atoms with E-state index in [4.69, 9.17) is 0 Å². The molecule has 122 valence electrons. The number of likely N-dealkylation sites (tertiary alicyclic amines) is 1. The summed E-state index contributed by atoms with van der Waals surface area (Å²) in [7, 11) is 0. The highest BCUT2D eigenvalue weighted by Gasteiger charge is 2.22. The first-order valence-electron chi connectivity index (χ1n) is 7.96. The van der Waals surface area contributed by atoms with Gasteiger partial charge in [-0.1, -0.05) is 42.5 Å². The molecule has 1 fully saturated rings. The van der Waals surface area contributed by atoms with Crippen molar-refractivity contribution in [1.82, 2.24) is 4.90 Å². The van der Waals surface area contributed by atoms with Crippen LogP contribution < -0.4 is 0 Å². The third-order valence-electron chi connectivity index (χ3n) is 4.10. The van der Waals surface area contributed by atoms with E-state index in [1.165, 1.54) is 12.1 Å². The molecule has 0 aromatic heterocycles. The lowest BCUT2D eigenvalue weighted by Crippen LogP contribution is -2.28. The van der Waals surface area contributed by atoms with Gasteiger partial charge in [0, 0.05) is 30.8 Å². The molecule has 2 aromatic carbocycles. The minimum Gasteiger partial charge on any atom is -0.339 e. The molecule has 1 aliphatic rings. The molecule has 1 saturated heterocycles. The normalized spacial score (nSPS) is 14.7. The van der Waals surface area contributed by atoms with E-state index in [9.17, 15) is 14.9 Å². The van der Waals surface area contributed by atoms with Crippen LogP contribution in [0.25, 0.3) is 11.6 Å². The lowest BCUT2D eigenvalue weighted by atomic mass is 10.0. The van der Waals surface area contributed by atoms with Crippen molar-refractivity contribution in [2.24, 2.45) is 0 Å². The van der Waals surface area contributed by atoms with Gasteiger partial charge in [-0.2, -0.15) is 0 Å². The Morgan fingerprint density at radius 3 is 2.42 bits per heavy atom. The van der Waals surface area contributed by atoms with E-state index in [0.717, 1.165) is 31.5 Å². The smallest absolute Gasteiger partial charge is 0.270 e. The molecule has 0 saturated carbocycles. The van der Waals surface area contributed by atoms with E-state index in [0.29, 0.717) is 11.1 Å². The highest BCUT2D eigenvalue weighted by atomic mass is 16.6. The zero-order chi connectivity index (χ0) is 16.9. The van der Waals surface area contributed by atoms with Gasteiger partial charge in [-0.05, 0) is 30.0 Å². The first kappa shape index (κ1) is 15.9. The summed E-state index contributed by atoms with van der Waals surface area (Å²) in [6.07, 6.45) is 3.78. The van der Waals surface area contributed by atoms with Crippen molar-refractivity contribution in [1.29, 1.82) is 0 Å². The number of hydrogen-bond donors (Lipinski definition) is 0. The number of nitro benzene ring substituents is 1. The minimum absolute atomic E-state index is 0.0183. The third kappa shape index (κ3) is 3.51. The second-order valence-electron chi connectivity index (χ2n) is 5.78. The number of nitro groups is 1. The number of non-ortho nitro benzene ring substituents is 1. The van der Waals surface area contributed by atoms with E-state index in [1.54, 1.807) is 18.2 Å². The van der Waals surface area contributed by atoms with Crippen LogP contribution in [-0.2, 0) is 4.79 Å². The molecule has 0 unspecified atom stereocenters. The lowest BCUT2D eigenvalue weighted by Gasteiger charge is -2.18. The van der Waals surface area contributed by atoms with E-state index in [1.807, 2.05) is 35.2 Å². The number of carbonyl (C=O) groups is 1. The van der Waals surface area contributed by atoms with E-state index in [-0.39, 0.29) is 11.6 Å². The van der Waals surface area contributed by atoms with Gasteiger partial charge < -0.3 is 4.90 Å². The lowest BCUT2D eigenvalue weighted by molar-refractivity contribution is -0.384. The number of nitrogens with zero attached hydrogens (tertiary/aromatic N) is 2. The molecule has 1 aliphatic heterocycles. The summed E-state index contributed by atoms with van der Waals surface area (Å²) in [4.78, 5) is 25.3. The van der Waals surface area contributed by atoms with Crippen molar-refractivity contribution in [3.8, 4) is 0 Å². The van der Waals surface area contributed by atoms with Crippen LogP contribution in [0, 0.1) is 10.1 Å². The van der Waals surface area contributed by atoms with Crippen LogP contribution in [0.2, 0.25) is 0 Å². The third-order valence-corrected chi connectivity index (χ3v) is 4.10. The Hall–Kier alpha value is -2.95. The van der Waals surface area contributed by atoms with Gasteiger partial charge in [0.1, 0.15) is 0 Å². The molecule has 1 heterocycles. The predicted octanol–water partition coefficient (Wildman–Crippen LogP) is 3.76. The second kappa shape index (κ2) is 7.08. The van der Waals surface area contributed by atoms with Crippen LogP contribution in [-0.4, -0.2) is 28.8 Å². The molecule has 5 heteroatoms. The van der Waals surface area contributed by atoms with Gasteiger partial charge in [0.25, 0.3) is 11.6 Å². The standard InChI is InChI=1S/C19H18N2O3/c22-19(20-11-4-5-12-20)18(16-8-2-1-3-9-16)14-15-7-6-10-17(13-15)21(23)24/h1-3,6-10,13-14H,4-5,11-12H2/b18-14+. The van der Waals surface area contributed by atoms with Gasteiger partial charge in [-0.15, -0.1) is 0 Å². The maximum absolute atomic E-state index is 12.9. The van der Waals surface area contributed by atoms with Crippen LogP contribution in [0.3, 0.4) is 0 Å². The summed E-state index contributed by atoms with van der Waals surface area (Å²) in [5, 5.41) is 11.0. The Morgan fingerprint density at radius 1 is 1.04 bits per heavy atom. The minimum atomic E-state index is -0.429. The fraction of sp³-hybridized carbons (Fsp3) is 0.211. The molecular weight excluding hydrogens is 304 g/mol. The molecule has 2 aromatic rings. The Balaban J connectivity index is 2.02. The summed E-state index contributed by atoms with van der Waals surface area (Å²) >= 11 is 0. The van der Waals surface area contributed by atoms with Gasteiger partial charge in [0.15, 0.2) is 0 Å². The molecular formula is C19H18N2O3. The summed E-state index contributed by atoms with van der Waals surface area (Å²) < 4.78 is 0. The molecule has 0 spiro atoms. The van der Waals surface area contributed by atoms with Crippen LogP contribution in [0.15, 0.2) is 54.6 Å². The van der Waals surface area contributed by atoms with E-state index >= 15 is 0 Å². The van der Waals surface area contributed by atoms with Crippen molar-refractivity contribution in [2.45, 2.75) is 12.8 Å². The maximum Gasteiger partial charge on any atom is 0.270 e. The highest BCUT2D eigenvalue weighted by molar-refractivity contribution is 6.24. The topological polar surface area (TPSA) is 63.4 Å². The maximum atomic E-state index is 12.9. The van der Waals surface area contributed by atoms with Crippen molar-refractivity contribution < 1.29 is 9.72 Å². The fourth-order valence-corrected chi connectivity index (χ4v) is 2.87. The number of carbonyl (C=O) groups excluding carboxylic acids is 1. The largest absolute Gasteiger partial charge is 0.339 e. The monoisotopic (exact) mass is 322 g/mol. The van der Waals surface area contributed by atoms with Crippen molar-refractivity contribution in [3.63, 3.8) is 0 Å². The first-order valence-corrected chi connectivity index (χ1v) is 7.96. The van der Waals surface area contributed by atoms with Gasteiger partial charge in [-0.3, -0.25) is 14.9 Å². The van der Waals surface area contributed by atoms with Gasteiger partial charge >= 0.3 is 0 Å². The highest BCUT2D eigenvalue weighted by Crippen LogP contribution is 2.24. The molecule has 0 aliphatic carbocycles. The van der Waals surface area contributed by atoms with Crippen LogP contribution in [0.1, 0.15) is 24.0 Å². The number of benzene rings is 2. The molecule has 1 amide bonds. The molecule has 5 nitrogen and oxygen atoms in total. The Kier molecular flexibility index (Phi) is 4.70.